The first-order valence-corrected chi connectivity index (χ1v) is 10.1. The Balaban J connectivity index is 1.43. The van der Waals surface area contributed by atoms with Gasteiger partial charge >= 0.3 is 0 Å². The van der Waals surface area contributed by atoms with E-state index in [0.29, 0.717) is 19.1 Å². The molecule has 6 nitrogen and oxygen atoms in total. The number of benzene rings is 1. The monoisotopic (exact) mass is 374 g/mol. The molecular formula is C21H34N4O2. The molecular weight excluding hydrogens is 340 g/mol. The Hall–Kier alpha value is -1.63. The van der Waals surface area contributed by atoms with Crippen LogP contribution in [-0.4, -0.2) is 85.8 Å². The molecule has 2 fully saturated rings. The molecule has 0 aromatic heterocycles. The normalized spacial score (nSPS) is 24.8. The zero-order valence-corrected chi connectivity index (χ0v) is 16.9. The van der Waals surface area contributed by atoms with Crippen molar-refractivity contribution in [2.45, 2.75) is 44.4 Å². The van der Waals surface area contributed by atoms with Gasteiger partial charge < -0.3 is 20.2 Å². The minimum Gasteiger partial charge on any atom is -0.390 e. The third-order valence-electron chi connectivity index (χ3n) is 5.87. The number of nitrogens with one attached hydrogen (secondary N) is 1. The van der Waals surface area contributed by atoms with Crippen LogP contribution in [-0.2, 0) is 4.79 Å². The molecule has 27 heavy (non-hydrogen) atoms. The summed E-state index contributed by atoms with van der Waals surface area (Å²) in [5.74, 6) is 0.0945. The van der Waals surface area contributed by atoms with Gasteiger partial charge in [0.05, 0.1) is 12.6 Å². The first kappa shape index (κ1) is 20.1. The maximum absolute atomic E-state index is 11.9. The number of hydrogen-bond donors (Lipinski definition) is 2. The number of β-amino-alcohol motifs (C(OH)–C–C–N with tert-alkyl or cyclic N) is 1. The van der Waals surface area contributed by atoms with Gasteiger partial charge in [0.2, 0.25) is 5.91 Å². The highest BCUT2D eigenvalue weighted by molar-refractivity contribution is 5.77. The molecule has 2 aliphatic rings. The van der Waals surface area contributed by atoms with E-state index >= 15 is 0 Å². The number of rotatable bonds is 5. The van der Waals surface area contributed by atoms with Gasteiger partial charge in [-0.05, 0) is 38.3 Å². The Morgan fingerprint density at radius 3 is 2.41 bits per heavy atom. The highest BCUT2D eigenvalue weighted by atomic mass is 16.3. The highest BCUT2D eigenvalue weighted by Crippen LogP contribution is 2.22. The number of piperidine rings is 2. The lowest BCUT2D eigenvalue weighted by Gasteiger charge is -2.40. The molecule has 0 aliphatic carbocycles. The predicted octanol–water partition coefficient (Wildman–Crippen LogP) is 1.08. The first-order chi connectivity index (χ1) is 12.9. The molecule has 2 saturated heterocycles. The molecule has 0 unspecified atom stereocenters. The largest absolute Gasteiger partial charge is 0.390 e. The van der Waals surface area contributed by atoms with Gasteiger partial charge in [-0.2, -0.15) is 0 Å². The van der Waals surface area contributed by atoms with Gasteiger partial charge in [0.1, 0.15) is 0 Å². The summed E-state index contributed by atoms with van der Waals surface area (Å²) in [6.07, 6.45) is 2.67. The van der Waals surface area contributed by atoms with E-state index in [9.17, 15) is 9.90 Å². The summed E-state index contributed by atoms with van der Waals surface area (Å²) in [5.41, 5.74) is 2.60. The fourth-order valence-corrected chi connectivity index (χ4v) is 4.03. The van der Waals surface area contributed by atoms with Crippen molar-refractivity contribution in [1.82, 2.24) is 15.1 Å². The number of hydrogen-bond acceptors (Lipinski definition) is 5. The van der Waals surface area contributed by atoms with Crippen LogP contribution in [0.4, 0.5) is 5.69 Å². The number of carbonyl (C=O) groups excluding carboxylic acids is 1. The number of amides is 1. The lowest BCUT2D eigenvalue weighted by molar-refractivity contribution is -0.130. The molecule has 1 aromatic carbocycles. The summed E-state index contributed by atoms with van der Waals surface area (Å²) in [7, 11) is 3.55. The van der Waals surface area contributed by atoms with Crippen LogP contribution < -0.4 is 10.2 Å². The molecule has 0 bridgehead atoms. The van der Waals surface area contributed by atoms with Crippen LogP contribution in [0.2, 0.25) is 0 Å². The van der Waals surface area contributed by atoms with Crippen molar-refractivity contribution in [3.63, 3.8) is 0 Å². The SMILES string of the molecule is Cc1ccc(N2CCC(N[C@@H]3CCN(CC(=O)N(C)C)C[C@H]3O)CC2)cc1. The van der Waals surface area contributed by atoms with Crippen LogP contribution in [0.15, 0.2) is 24.3 Å². The molecule has 2 heterocycles. The van der Waals surface area contributed by atoms with E-state index < -0.39 is 6.10 Å². The first-order valence-electron chi connectivity index (χ1n) is 10.1. The van der Waals surface area contributed by atoms with Crippen LogP contribution >= 0.6 is 0 Å². The molecule has 1 amide bonds. The average Bonchev–Trinajstić information content (AvgIpc) is 2.65. The second-order valence-corrected chi connectivity index (χ2v) is 8.25. The van der Waals surface area contributed by atoms with Crippen molar-refractivity contribution in [3.8, 4) is 0 Å². The third-order valence-corrected chi connectivity index (χ3v) is 5.87. The Bertz CT molecular complexity index is 611. The van der Waals surface area contributed by atoms with Crippen molar-refractivity contribution in [3.05, 3.63) is 29.8 Å². The molecule has 2 aliphatic heterocycles. The number of aliphatic hydroxyl groups is 1. The third kappa shape index (κ3) is 5.43. The zero-order chi connectivity index (χ0) is 19.4. The number of likely N-dealkylation sites (tertiary alicyclic amines) is 1. The lowest BCUT2D eigenvalue weighted by atomic mass is 9.97. The van der Waals surface area contributed by atoms with E-state index in [1.165, 1.54) is 11.3 Å². The number of aryl methyl sites for hydroxylation is 1. The number of anilines is 1. The van der Waals surface area contributed by atoms with Crippen molar-refractivity contribution < 1.29 is 9.90 Å². The number of likely N-dealkylation sites (N-methyl/N-ethyl adjacent to an activating group) is 1. The fraction of sp³-hybridized carbons (Fsp3) is 0.667. The Kier molecular flexibility index (Phi) is 6.73. The molecule has 2 atom stereocenters. The number of nitrogens with zero attached hydrogens (tertiary/aromatic N) is 3. The predicted molar refractivity (Wildman–Crippen MR) is 109 cm³/mol. The van der Waals surface area contributed by atoms with E-state index in [-0.39, 0.29) is 11.9 Å². The van der Waals surface area contributed by atoms with Crippen LogP contribution in [0.1, 0.15) is 24.8 Å². The Morgan fingerprint density at radius 2 is 1.81 bits per heavy atom. The summed E-state index contributed by atoms with van der Waals surface area (Å²) in [5, 5.41) is 14.2. The van der Waals surface area contributed by atoms with Gasteiger partial charge in [-0.1, -0.05) is 17.7 Å². The number of aliphatic hydroxyl groups excluding tert-OH is 1. The number of carbonyl (C=O) groups is 1. The van der Waals surface area contributed by atoms with Crippen molar-refractivity contribution in [1.29, 1.82) is 0 Å². The van der Waals surface area contributed by atoms with Gasteiger partial charge in [-0.15, -0.1) is 0 Å². The average molecular weight is 375 g/mol. The maximum Gasteiger partial charge on any atom is 0.236 e. The molecule has 1 aromatic rings. The standard InChI is InChI=1S/C21H34N4O2/c1-16-4-6-18(7-5-16)25-12-8-17(9-13-25)22-19-10-11-24(14-20(19)26)15-21(27)23(2)3/h4-7,17,19-20,22,26H,8-15H2,1-3H3/t19-,20-/m1/s1. The summed E-state index contributed by atoms with van der Waals surface area (Å²) < 4.78 is 0. The zero-order valence-electron chi connectivity index (χ0n) is 16.9. The van der Waals surface area contributed by atoms with Crippen LogP contribution in [0.3, 0.4) is 0 Å². The summed E-state index contributed by atoms with van der Waals surface area (Å²) in [6, 6.07) is 9.35. The second kappa shape index (κ2) is 9.04. The van der Waals surface area contributed by atoms with Crippen molar-refractivity contribution in [2.75, 3.05) is 51.7 Å². The molecule has 0 saturated carbocycles. The van der Waals surface area contributed by atoms with Crippen LogP contribution in [0, 0.1) is 6.92 Å². The maximum atomic E-state index is 11.9. The van der Waals surface area contributed by atoms with E-state index in [2.05, 4.69) is 46.3 Å². The molecule has 6 heteroatoms. The van der Waals surface area contributed by atoms with Crippen molar-refractivity contribution >= 4 is 11.6 Å². The van der Waals surface area contributed by atoms with Gasteiger partial charge in [0.25, 0.3) is 0 Å². The van der Waals surface area contributed by atoms with Gasteiger partial charge in [0.15, 0.2) is 0 Å². The summed E-state index contributed by atoms with van der Waals surface area (Å²) in [6.45, 7) is 6.04. The Morgan fingerprint density at radius 1 is 1.15 bits per heavy atom. The lowest BCUT2D eigenvalue weighted by Crippen LogP contribution is -2.57. The fourth-order valence-electron chi connectivity index (χ4n) is 4.03. The highest BCUT2D eigenvalue weighted by Gasteiger charge is 2.31. The minimum absolute atomic E-state index is 0.0945. The smallest absolute Gasteiger partial charge is 0.236 e. The van der Waals surface area contributed by atoms with E-state index in [1.807, 2.05) is 0 Å². The summed E-state index contributed by atoms with van der Waals surface area (Å²) >= 11 is 0. The minimum atomic E-state index is -0.413. The van der Waals surface area contributed by atoms with Gasteiger partial charge in [-0.3, -0.25) is 9.69 Å². The molecule has 2 N–H and O–H groups in total. The van der Waals surface area contributed by atoms with Crippen LogP contribution in [0.5, 0.6) is 0 Å². The molecule has 150 valence electrons. The van der Waals surface area contributed by atoms with Crippen molar-refractivity contribution in [2.24, 2.45) is 0 Å². The summed E-state index contributed by atoms with van der Waals surface area (Å²) in [4.78, 5) is 18.0. The Labute approximate surface area is 163 Å². The second-order valence-electron chi connectivity index (χ2n) is 8.25. The van der Waals surface area contributed by atoms with Gasteiger partial charge in [0, 0.05) is 58.0 Å². The molecule has 0 radical (unpaired) electrons. The van der Waals surface area contributed by atoms with E-state index in [4.69, 9.17) is 0 Å². The van der Waals surface area contributed by atoms with E-state index in [1.54, 1.807) is 19.0 Å². The topological polar surface area (TPSA) is 59.0 Å². The quantitative estimate of drug-likeness (QED) is 0.808. The molecule has 3 rings (SSSR count). The van der Waals surface area contributed by atoms with E-state index in [0.717, 1.165) is 38.9 Å². The molecule has 0 spiro atoms. The van der Waals surface area contributed by atoms with Gasteiger partial charge in [-0.25, -0.2) is 0 Å². The van der Waals surface area contributed by atoms with Crippen LogP contribution in [0.25, 0.3) is 0 Å².